The monoisotopic (exact) mass is 254 g/mol. The van der Waals surface area contributed by atoms with E-state index in [-0.39, 0.29) is 17.5 Å². The third-order valence-corrected chi connectivity index (χ3v) is 3.44. The fraction of sp³-hybridized carbons (Fsp3) is 0.462. The lowest BCUT2D eigenvalue weighted by Gasteiger charge is -2.35. The number of rotatable bonds is 1. The van der Waals surface area contributed by atoms with Gasteiger partial charge in [0.1, 0.15) is 0 Å². The maximum atomic E-state index is 13.5. The van der Waals surface area contributed by atoms with Gasteiger partial charge >= 0.3 is 0 Å². The van der Waals surface area contributed by atoms with E-state index in [1.54, 1.807) is 0 Å². The molecule has 2 N–H and O–H groups in total. The van der Waals surface area contributed by atoms with Gasteiger partial charge in [0.25, 0.3) is 5.91 Å². The molecule has 1 heterocycles. The van der Waals surface area contributed by atoms with Gasteiger partial charge in [-0.25, -0.2) is 8.78 Å². The van der Waals surface area contributed by atoms with Crippen LogP contribution in [0.15, 0.2) is 18.2 Å². The summed E-state index contributed by atoms with van der Waals surface area (Å²) in [4.78, 5) is 13.6. The van der Waals surface area contributed by atoms with Gasteiger partial charge in [0.05, 0.1) is 5.56 Å². The summed E-state index contributed by atoms with van der Waals surface area (Å²) in [5.41, 5.74) is 5.65. The van der Waals surface area contributed by atoms with Crippen LogP contribution in [0.25, 0.3) is 0 Å². The van der Waals surface area contributed by atoms with Gasteiger partial charge in [-0.1, -0.05) is 13.0 Å². The van der Waals surface area contributed by atoms with Crippen molar-refractivity contribution in [1.29, 1.82) is 0 Å². The Morgan fingerprint density at radius 3 is 2.83 bits per heavy atom. The topological polar surface area (TPSA) is 46.3 Å². The van der Waals surface area contributed by atoms with Gasteiger partial charge < -0.3 is 10.6 Å². The number of carbonyl (C=O) groups is 1. The van der Waals surface area contributed by atoms with Crippen molar-refractivity contribution in [2.45, 2.75) is 19.4 Å². The lowest BCUT2D eigenvalue weighted by Crippen LogP contribution is -2.48. The quantitative estimate of drug-likeness (QED) is 0.830. The summed E-state index contributed by atoms with van der Waals surface area (Å²) in [6.07, 6.45) is 0.684. The number of hydrogen-bond donors (Lipinski definition) is 1. The third-order valence-electron chi connectivity index (χ3n) is 3.44. The second-order valence-corrected chi connectivity index (χ2v) is 4.78. The summed E-state index contributed by atoms with van der Waals surface area (Å²) in [6.45, 7) is 2.92. The van der Waals surface area contributed by atoms with Crippen LogP contribution < -0.4 is 5.73 Å². The Bertz CT molecular complexity index is 464. The average molecular weight is 254 g/mol. The fourth-order valence-corrected chi connectivity index (χ4v) is 2.19. The van der Waals surface area contributed by atoms with E-state index in [4.69, 9.17) is 5.73 Å². The maximum absolute atomic E-state index is 13.5. The third kappa shape index (κ3) is 2.36. The summed E-state index contributed by atoms with van der Waals surface area (Å²) in [5, 5.41) is 0. The van der Waals surface area contributed by atoms with Crippen molar-refractivity contribution in [2.24, 2.45) is 11.7 Å². The zero-order valence-corrected chi connectivity index (χ0v) is 10.2. The molecule has 1 saturated heterocycles. The number of nitrogens with zero attached hydrogens (tertiary/aromatic N) is 1. The molecule has 1 aromatic rings. The van der Waals surface area contributed by atoms with Crippen LogP contribution in [0, 0.1) is 17.6 Å². The van der Waals surface area contributed by atoms with Crippen molar-refractivity contribution >= 4 is 5.91 Å². The molecule has 0 spiro atoms. The minimum atomic E-state index is -1.08. The smallest absolute Gasteiger partial charge is 0.256 e. The van der Waals surface area contributed by atoms with Gasteiger partial charge in [-0.2, -0.15) is 0 Å². The zero-order valence-electron chi connectivity index (χ0n) is 10.2. The van der Waals surface area contributed by atoms with E-state index < -0.39 is 17.5 Å². The van der Waals surface area contributed by atoms with Gasteiger partial charge in [-0.3, -0.25) is 4.79 Å². The van der Waals surface area contributed by atoms with E-state index in [0.29, 0.717) is 19.5 Å². The highest BCUT2D eigenvalue weighted by Crippen LogP contribution is 2.19. The Balaban J connectivity index is 2.19. The fourth-order valence-electron chi connectivity index (χ4n) is 2.19. The van der Waals surface area contributed by atoms with Gasteiger partial charge in [-0.15, -0.1) is 0 Å². The molecule has 3 nitrogen and oxygen atoms in total. The van der Waals surface area contributed by atoms with Crippen LogP contribution in [0.1, 0.15) is 23.7 Å². The van der Waals surface area contributed by atoms with Gasteiger partial charge in [0.2, 0.25) is 0 Å². The van der Waals surface area contributed by atoms with Crippen molar-refractivity contribution in [3.05, 3.63) is 35.4 Å². The molecule has 2 rings (SSSR count). The Hall–Kier alpha value is -1.49. The Kier molecular flexibility index (Phi) is 3.61. The largest absolute Gasteiger partial charge is 0.338 e. The molecule has 1 aliphatic rings. The number of nitrogens with two attached hydrogens (primary N) is 1. The molecular weight excluding hydrogens is 238 g/mol. The molecule has 1 aromatic carbocycles. The normalized spacial score (nSPS) is 24.1. The molecule has 1 fully saturated rings. The summed E-state index contributed by atoms with van der Waals surface area (Å²) < 4.78 is 26.6. The molecule has 98 valence electrons. The van der Waals surface area contributed by atoms with Crippen molar-refractivity contribution in [3.8, 4) is 0 Å². The SMILES string of the molecule is CC1CN(C(=O)c2cccc(F)c2F)CCC1N. The second-order valence-electron chi connectivity index (χ2n) is 4.78. The van der Waals surface area contributed by atoms with Gasteiger partial charge in [0.15, 0.2) is 11.6 Å². The number of likely N-dealkylation sites (tertiary alicyclic amines) is 1. The van der Waals surface area contributed by atoms with Crippen molar-refractivity contribution in [2.75, 3.05) is 13.1 Å². The minimum absolute atomic E-state index is 0.0615. The molecule has 0 bridgehead atoms. The summed E-state index contributed by atoms with van der Waals surface area (Å²) >= 11 is 0. The molecular formula is C13H16F2N2O. The average Bonchev–Trinajstić information content (AvgIpc) is 2.35. The van der Waals surface area contributed by atoms with Crippen molar-refractivity contribution in [3.63, 3.8) is 0 Å². The van der Waals surface area contributed by atoms with Crippen LogP contribution in [-0.2, 0) is 0 Å². The lowest BCUT2D eigenvalue weighted by atomic mass is 9.94. The number of hydrogen-bond acceptors (Lipinski definition) is 2. The molecule has 1 amide bonds. The summed E-state index contributed by atoms with van der Waals surface area (Å²) in [6, 6.07) is 3.71. The molecule has 0 aliphatic carbocycles. The Morgan fingerprint density at radius 1 is 1.44 bits per heavy atom. The van der Waals surface area contributed by atoms with E-state index in [2.05, 4.69) is 0 Å². The molecule has 0 saturated carbocycles. The van der Waals surface area contributed by atoms with Crippen LogP contribution in [0.3, 0.4) is 0 Å². The Morgan fingerprint density at radius 2 is 2.17 bits per heavy atom. The maximum Gasteiger partial charge on any atom is 0.256 e. The van der Waals surface area contributed by atoms with Gasteiger partial charge in [-0.05, 0) is 24.5 Å². The van der Waals surface area contributed by atoms with Crippen LogP contribution >= 0.6 is 0 Å². The molecule has 0 radical (unpaired) electrons. The summed E-state index contributed by atoms with van der Waals surface area (Å²) in [7, 11) is 0. The van der Waals surface area contributed by atoms with Crippen LogP contribution in [0.5, 0.6) is 0 Å². The summed E-state index contributed by atoms with van der Waals surface area (Å²) in [5.74, 6) is -2.38. The second kappa shape index (κ2) is 5.02. The lowest BCUT2D eigenvalue weighted by molar-refractivity contribution is 0.0658. The first-order chi connectivity index (χ1) is 8.50. The van der Waals surface area contributed by atoms with Crippen LogP contribution in [-0.4, -0.2) is 29.9 Å². The Labute approximate surface area is 105 Å². The van der Waals surface area contributed by atoms with E-state index >= 15 is 0 Å². The first-order valence-corrected chi connectivity index (χ1v) is 5.99. The van der Waals surface area contributed by atoms with Crippen LogP contribution in [0.4, 0.5) is 8.78 Å². The number of carbonyl (C=O) groups excluding carboxylic acids is 1. The predicted molar refractivity (Wildman–Crippen MR) is 64.0 cm³/mol. The van der Waals surface area contributed by atoms with Crippen molar-refractivity contribution < 1.29 is 13.6 Å². The molecule has 5 heteroatoms. The van der Waals surface area contributed by atoms with Gasteiger partial charge in [0, 0.05) is 19.1 Å². The first kappa shape index (κ1) is 13.0. The molecule has 18 heavy (non-hydrogen) atoms. The minimum Gasteiger partial charge on any atom is -0.338 e. The van der Waals surface area contributed by atoms with Crippen LogP contribution in [0.2, 0.25) is 0 Å². The molecule has 2 unspecified atom stereocenters. The molecule has 2 atom stereocenters. The highest BCUT2D eigenvalue weighted by molar-refractivity contribution is 5.94. The van der Waals surface area contributed by atoms with Crippen molar-refractivity contribution in [1.82, 2.24) is 4.90 Å². The molecule has 1 aliphatic heterocycles. The molecule has 0 aromatic heterocycles. The van der Waals surface area contributed by atoms with E-state index in [1.807, 2.05) is 6.92 Å². The number of halogens is 2. The number of piperidine rings is 1. The highest BCUT2D eigenvalue weighted by Gasteiger charge is 2.28. The van der Waals surface area contributed by atoms with E-state index in [1.165, 1.54) is 17.0 Å². The highest BCUT2D eigenvalue weighted by atomic mass is 19.2. The number of amides is 1. The zero-order chi connectivity index (χ0) is 13.3. The first-order valence-electron chi connectivity index (χ1n) is 5.99. The van der Waals surface area contributed by atoms with E-state index in [9.17, 15) is 13.6 Å². The number of benzene rings is 1. The standard InChI is InChI=1S/C13H16F2N2O/c1-8-7-17(6-5-11(8)16)13(18)9-3-2-4-10(14)12(9)15/h2-4,8,11H,5-7,16H2,1H3. The predicted octanol–water partition coefficient (Wildman–Crippen LogP) is 1.77. The van der Waals surface area contributed by atoms with E-state index in [0.717, 1.165) is 6.07 Å².